The zero-order chi connectivity index (χ0) is 20.4. The van der Waals surface area contributed by atoms with E-state index in [0.29, 0.717) is 19.4 Å². The second-order valence-corrected chi connectivity index (χ2v) is 14.5. The Kier molecular flexibility index (Phi) is 7.27. The zero-order valence-electron chi connectivity index (χ0n) is 18.2. The summed E-state index contributed by atoms with van der Waals surface area (Å²) in [5.74, 6) is -0.206. The van der Waals surface area contributed by atoms with E-state index < -0.39 is 19.8 Å². The monoisotopic (exact) mass is 386 g/mol. The van der Waals surface area contributed by atoms with Gasteiger partial charge in [-0.05, 0) is 25.1 Å². The fourth-order valence-corrected chi connectivity index (χ4v) is 3.91. The van der Waals surface area contributed by atoms with Crippen LogP contribution >= 0.6 is 0 Å². The molecule has 2 atom stereocenters. The van der Waals surface area contributed by atoms with E-state index >= 15 is 0 Å². The summed E-state index contributed by atoms with van der Waals surface area (Å²) in [5.41, 5.74) is -0.857. The number of ketones is 1. The Morgan fingerprint density at radius 3 is 2.15 bits per heavy atom. The molecule has 1 aliphatic heterocycles. The smallest absolute Gasteiger partial charge is 0.308 e. The van der Waals surface area contributed by atoms with Gasteiger partial charge >= 0.3 is 5.97 Å². The first-order valence-corrected chi connectivity index (χ1v) is 12.6. The van der Waals surface area contributed by atoms with Gasteiger partial charge in [0.05, 0.1) is 31.3 Å². The van der Waals surface area contributed by atoms with Gasteiger partial charge < -0.3 is 13.9 Å². The molecule has 0 saturated carbocycles. The van der Waals surface area contributed by atoms with Crippen molar-refractivity contribution in [3.05, 3.63) is 0 Å². The van der Waals surface area contributed by atoms with Crippen molar-refractivity contribution in [2.75, 3.05) is 13.2 Å². The maximum atomic E-state index is 12.5. The van der Waals surface area contributed by atoms with Gasteiger partial charge in [0.15, 0.2) is 8.32 Å². The molecule has 1 heterocycles. The third-order valence-corrected chi connectivity index (χ3v) is 10.5. The lowest BCUT2D eigenvalue weighted by molar-refractivity contribution is -0.149. The van der Waals surface area contributed by atoms with Crippen LogP contribution in [-0.2, 0) is 23.5 Å². The summed E-state index contributed by atoms with van der Waals surface area (Å²) in [6.07, 6.45) is 0.748. The number of carbonyl (C=O) groups is 2. The molecule has 6 heteroatoms. The average molecular weight is 387 g/mol. The summed E-state index contributed by atoms with van der Waals surface area (Å²) < 4.78 is 17.2. The zero-order valence-corrected chi connectivity index (χ0v) is 19.2. The van der Waals surface area contributed by atoms with E-state index in [9.17, 15) is 9.59 Å². The fraction of sp³-hybridized carbons (Fsp3) is 0.900. The first-order chi connectivity index (χ1) is 11.6. The first kappa shape index (κ1) is 23.3. The molecular formula is C20H38O5Si. The summed E-state index contributed by atoms with van der Waals surface area (Å²) in [7, 11) is -2.13. The minimum Gasteiger partial charge on any atom is -0.465 e. The SMILES string of the molecule is CCC(=O)C(C)(C)[C@H](CC(=O)OCCC1(C)CO1)O[Si](C)(C)C(C)(C)C. The van der Waals surface area contributed by atoms with E-state index in [0.717, 1.165) is 6.61 Å². The van der Waals surface area contributed by atoms with Gasteiger partial charge in [-0.3, -0.25) is 9.59 Å². The van der Waals surface area contributed by atoms with Crippen LogP contribution in [0.3, 0.4) is 0 Å². The molecular weight excluding hydrogens is 348 g/mol. The van der Waals surface area contributed by atoms with Crippen molar-refractivity contribution in [2.24, 2.45) is 5.41 Å². The summed E-state index contributed by atoms with van der Waals surface area (Å²) in [6.45, 7) is 19.4. The minimum atomic E-state index is -2.13. The summed E-state index contributed by atoms with van der Waals surface area (Å²) in [5, 5.41) is -0.00159. The van der Waals surface area contributed by atoms with Crippen LogP contribution in [0.15, 0.2) is 0 Å². The van der Waals surface area contributed by atoms with Crippen molar-refractivity contribution in [3.8, 4) is 0 Å². The first-order valence-electron chi connectivity index (χ1n) is 9.65. The van der Waals surface area contributed by atoms with Gasteiger partial charge in [0.1, 0.15) is 5.78 Å². The molecule has 1 saturated heterocycles. The molecule has 0 bridgehead atoms. The molecule has 0 amide bonds. The molecule has 1 unspecified atom stereocenters. The molecule has 1 aliphatic rings. The molecule has 1 rings (SSSR count). The number of hydrogen-bond acceptors (Lipinski definition) is 5. The Balaban J connectivity index is 2.82. The van der Waals surface area contributed by atoms with Gasteiger partial charge in [0.25, 0.3) is 0 Å². The number of hydrogen-bond donors (Lipinski definition) is 0. The predicted octanol–water partition coefficient (Wildman–Crippen LogP) is 4.49. The van der Waals surface area contributed by atoms with Crippen LogP contribution in [0.2, 0.25) is 18.1 Å². The van der Waals surface area contributed by atoms with Gasteiger partial charge in [-0.25, -0.2) is 0 Å². The highest BCUT2D eigenvalue weighted by atomic mass is 28.4. The van der Waals surface area contributed by atoms with Crippen LogP contribution in [0, 0.1) is 5.41 Å². The number of Topliss-reactive ketones (excluding diaryl/α,β-unsaturated/α-hetero) is 1. The van der Waals surface area contributed by atoms with Crippen LogP contribution in [0.1, 0.15) is 67.7 Å². The molecule has 0 radical (unpaired) electrons. The second-order valence-electron chi connectivity index (χ2n) is 9.78. The fourth-order valence-electron chi connectivity index (χ4n) is 2.47. The molecule has 1 fully saturated rings. The van der Waals surface area contributed by atoms with E-state index in [1.165, 1.54) is 0 Å². The van der Waals surface area contributed by atoms with Gasteiger partial charge in [-0.2, -0.15) is 0 Å². The number of rotatable bonds is 10. The van der Waals surface area contributed by atoms with Gasteiger partial charge in [0, 0.05) is 18.3 Å². The summed E-state index contributed by atoms with van der Waals surface area (Å²) >= 11 is 0. The molecule has 0 aromatic carbocycles. The Hall–Kier alpha value is -0.723. The van der Waals surface area contributed by atoms with Gasteiger partial charge in [0.2, 0.25) is 0 Å². The van der Waals surface area contributed by atoms with Crippen LogP contribution in [0.4, 0.5) is 0 Å². The van der Waals surface area contributed by atoms with Gasteiger partial charge in [-0.15, -0.1) is 0 Å². The van der Waals surface area contributed by atoms with Crippen molar-refractivity contribution in [2.45, 2.75) is 97.6 Å². The molecule has 0 N–H and O–H groups in total. The van der Waals surface area contributed by atoms with E-state index in [1.54, 1.807) is 0 Å². The van der Waals surface area contributed by atoms with Crippen LogP contribution in [-0.4, -0.2) is 45.0 Å². The lowest BCUT2D eigenvalue weighted by Crippen LogP contribution is -2.50. The largest absolute Gasteiger partial charge is 0.465 e. The topological polar surface area (TPSA) is 65.1 Å². The average Bonchev–Trinajstić information content (AvgIpc) is 3.21. The number of esters is 1. The molecule has 0 spiro atoms. The van der Waals surface area contributed by atoms with E-state index in [2.05, 4.69) is 33.9 Å². The molecule has 0 aromatic heterocycles. The second kappa shape index (κ2) is 8.11. The Morgan fingerprint density at radius 1 is 1.19 bits per heavy atom. The van der Waals surface area contributed by atoms with E-state index in [1.807, 2.05) is 27.7 Å². The lowest BCUT2D eigenvalue weighted by atomic mass is 9.79. The summed E-state index contributed by atoms with van der Waals surface area (Å²) in [6, 6.07) is 0. The van der Waals surface area contributed by atoms with Crippen LogP contribution < -0.4 is 0 Å². The Labute approximate surface area is 160 Å². The standard InChI is InChI=1S/C20H38O5Si/c1-10-15(21)19(5,6)16(25-26(8,9)18(2,3)4)13-17(22)23-12-11-20(7)14-24-20/h16H,10-14H2,1-9H3/t16-,20?/m0/s1. The number of carbonyl (C=O) groups excluding carboxylic acids is 2. The van der Waals surface area contributed by atoms with Crippen molar-refractivity contribution in [3.63, 3.8) is 0 Å². The normalized spacial score (nSPS) is 22.0. The minimum absolute atomic E-state index is 0.00159. The highest BCUT2D eigenvalue weighted by Gasteiger charge is 2.46. The van der Waals surface area contributed by atoms with Crippen LogP contribution in [0.25, 0.3) is 0 Å². The molecule has 26 heavy (non-hydrogen) atoms. The maximum Gasteiger partial charge on any atom is 0.308 e. The number of ether oxygens (including phenoxy) is 2. The van der Waals surface area contributed by atoms with E-state index in [4.69, 9.17) is 13.9 Å². The van der Waals surface area contributed by atoms with E-state index in [-0.39, 0.29) is 28.8 Å². The molecule has 0 aliphatic carbocycles. The number of epoxide rings is 1. The molecule has 0 aromatic rings. The van der Waals surface area contributed by atoms with Crippen molar-refractivity contribution >= 4 is 20.1 Å². The van der Waals surface area contributed by atoms with Crippen molar-refractivity contribution in [1.82, 2.24) is 0 Å². The summed E-state index contributed by atoms with van der Waals surface area (Å²) in [4.78, 5) is 24.9. The molecule has 152 valence electrons. The highest BCUT2D eigenvalue weighted by molar-refractivity contribution is 6.74. The lowest BCUT2D eigenvalue weighted by Gasteiger charge is -2.43. The quantitative estimate of drug-likeness (QED) is 0.314. The van der Waals surface area contributed by atoms with Crippen molar-refractivity contribution in [1.29, 1.82) is 0 Å². The predicted molar refractivity (Wildman–Crippen MR) is 106 cm³/mol. The van der Waals surface area contributed by atoms with Gasteiger partial charge in [-0.1, -0.05) is 41.5 Å². The maximum absolute atomic E-state index is 12.5. The Bertz CT molecular complexity index is 515. The third kappa shape index (κ3) is 6.17. The highest BCUT2D eigenvalue weighted by Crippen LogP contribution is 2.41. The van der Waals surface area contributed by atoms with Crippen LogP contribution in [0.5, 0.6) is 0 Å². The molecule has 5 nitrogen and oxygen atoms in total. The third-order valence-electron chi connectivity index (χ3n) is 5.97. The Morgan fingerprint density at radius 2 is 1.73 bits per heavy atom. The van der Waals surface area contributed by atoms with Crippen molar-refractivity contribution < 1.29 is 23.5 Å².